The van der Waals surface area contributed by atoms with E-state index in [1.165, 1.54) is 18.6 Å². The van der Waals surface area contributed by atoms with Crippen LogP contribution in [0.1, 0.15) is 36.3 Å². The van der Waals surface area contributed by atoms with Crippen molar-refractivity contribution < 1.29 is 9.72 Å². The third kappa shape index (κ3) is 2.17. The second kappa shape index (κ2) is 5.27. The first-order valence-electron chi connectivity index (χ1n) is 8.16. The van der Waals surface area contributed by atoms with Gasteiger partial charge in [-0.25, -0.2) is 0 Å². The Hall–Kier alpha value is -2.48. The summed E-state index contributed by atoms with van der Waals surface area (Å²) in [5.41, 5.74) is 6.22. The average molecular weight is 329 g/mol. The number of nitrogens with two attached hydrogens (primary N) is 1. The molecule has 2 fully saturated rings. The summed E-state index contributed by atoms with van der Waals surface area (Å²) in [4.78, 5) is 24.7. The number of carbonyl (C=O) groups is 1. The molecule has 0 saturated carbocycles. The highest BCUT2D eigenvalue weighted by molar-refractivity contribution is 6.04. The van der Waals surface area contributed by atoms with Crippen molar-refractivity contribution in [2.45, 2.75) is 31.8 Å². The van der Waals surface area contributed by atoms with Gasteiger partial charge in [0.25, 0.3) is 11.6 Å². The average Bonchev–Trinajstić information content (AvgIpc) is 3.00. The monoisotopic (exact) mass is 329 g/mol. The number of non-ortho nitro benzene ring substituents is 1. The summed E-state index contributed by atoms with van der Waals surface area (Å²) < 4.78 is 1.84. The van der Waals surface area contributed by atoms with Gasteiger partial charge in [0.05, 0.1) is 16.5 Å². The minimum Gasteiger partial charge on any atom is -0.364 e. The molecular formula is C16H19N5O3. The molecule has 2 aliphatic rings. The van der Waals surface area contributed by atoms with Crippen molar-refractivity contribution in [2.24, 2.45) is 11.7 Å². The van der Waals surface area contributed by atoms with Crippen LogP contribution in [0.3, 0.4) is 0 Å². The molecule has 4 rings (SSSR count). The zero-order valence-electron chi connectivity index (χ0n) is 13.4. The third-order valence-electron chi connectivity index (χ3n) is 5.55. The molecule has 2 N–H and O–H groups in total. The lowest BCUT2D eigenvalue weighted by atomic mass is 9.90. The summed E-state index contributed by atoms with van der Waals surface area (Å²) in [6.07, 6.45) is 2.19. The van der Waals surface area contributed by atoms with Crippen molar-refractivity contribution in [1.29, 1.82) is 0 Å². The van der Waals surface area contributed by atoms with Crippen LogP contribution in [0.2, 0.25) is 0 Å². The summed E-state index contributed by atoms with van der Waals surface area (Å²) in [7, 11) is 0. The van der Waals surface area contributed by atoms with Crippen molar-refractivity contribution >= 4 is 22.5 Å². The van der Waals surface area contributed by atoms with E-state index >= 15 is 0 Å². The lowest BCUT2D eigenvalue weighted by molar-refractivity contribution is -0.384. The fourth-order valence-corrected chi connectivity index (χ4v) is 4.22. The van der Waals surface area contributed by atoms with Crippen molar-refractivity contribution in [1.82, 2.24) is 14.7 Å². The quantitative estimate of drug-likeness (QED) is 0.681. The van der Waals surface area contributed by atoms with Gasteiger partial charge in [0.1, 0.15) is 0 Å². The minimum absolute atomic E-state index is 0.0642. The maximum absolute atomic E-state index is 11.8. The zero-order valence-corrected chi connectivity index (χ0v) is 13.4. The Kier molecular flexibility index (Phi) is 3.31. The Morgan fingerprint density at radius 2 is 2.25 bits per heavy atom. The first-order valence-corrected chi connectivity index (χ1v) is 8.16. The molecule has 2 aliphatic heterocycles. The summed E-state index contributed by atoms with van der Waals surface area (Å²) in [6, 6.07) is 5.25. The van der Waals surface area contributed by atoms with Gasteiger partial charge in [0, 0.05) is 30.1 Å². The molecule has 8 nitrogen and oxygen atoms in total. The van der Waals surface area contributed by atoms with Gasteiger partial charge in [0.2, 0.25) is 0 Å². The van der Waals surface area contributed by atoms with Crippen molar-refractivity contribution in [3.05, 3.63) is 34.0 Å². The lowest BCUT2D eigenvalue weighted by Crippen LogP contribution is -2.41. The molecule has 126 valence electrons. The van der Waals surface area contributed by atoms with Crippen LogP contribution >= 0.6 is 0 Å². The number of nitro groups is 1. The summed E-state index contributed by atoms with van der Waals surface area (Å²) in [5.74, 6) is -0.0372. The number of nitro benzene ring substituents is 1. The molecule has 24 heavy (non-hydrogen) atoms. The van der Waals surface area contributed by atoms with E-state index in [2.05, 4.69) is 16.9 Å². The van der Waals surface area contributed by atoms with Crippen LogP contribution < -0.4 is 5.73 Å². The Morgan fingerprint density at radius 3 is 2.92 bits per heavy atom. The van der Waals surface area contributed by atoms with Gasteiger partial charge in [0.15, 0.2) is 5.69 Å². The van der Waals surface area contributed by atoms with Crippen LogP contribution in [0.25, 0.3) is 10.9 Å². The Bertz CT molecular complexity index is 832. The number of rotatable bonds is 3. The van der Waals surface area contributed by atoms with Gasteiger partial charge < -0.3 is 5.73 Å². The highest BCUT2D eigenvalue weighted by atomic mass is 16.6. The fourth-order valence-electron chi connectivity index (χ4n) is 4.22. The molecule has 1 aromatic heterocycles. The molecule has 1 aromatic carbocycles. The Balaban J connectivity index is 1.81. The van der Waals surface area contributed by atoms with Gasteiger partial charge in [-0.05, 0) is 38.3 Å². The van der Waals surface area contributed by atoms with E-state index in [1.807, 2.05) is 4.68 Å². The third-order valence-corrected chi connectivity index (χ3v) is 5.55. The molecule has 8 heteroatoms. The maximum Gasteiger partial charge on any atom is 0.270 e. The second-order valence-electron chi connectivity index (χ2n) is 6.79. The first-order chi connectivity index (χ1) is 11.5. The van der Waals surface area contributed by atoms with E-state index in [9.17, 15) is 14.9 Å². The highest BCUT2D eigenvalue weighted by Gasteiger charge is 2.39. The molecule has 0 radical (unpaired) electrons. The fraction of sp³-hybridized carbons (Fsp3) is 0.500. The normalized spacial score (nSPS) is 29.0. The van der Waals surface area contributed by atoms with Crippen LogP contribution in [0.15, 0.2) is 18.2 Å². The van der Waals surface area contributed by atoms with Gasteiger partial charge in [-0.15, -0.1) is 0 Å². The van der Waals surface area contributed by atoms with Crippen molar-refractivity contribution in [3.8, 4) is 0 Å². The molecule has 2 aromatic rings. The first kappa shape index (κ1) is 15.1. The lowest BCUT2D eigenvalue weighted by Gasteiger charge is -2.36. The Morgan fingerprint density at radius 1 is 1.46 bits per heavy atom. The SMILES string of the molecule is CC1C2CCN1CC(n1nc(C(N)=O)c3cc([N+](=O)[O-])ccc31)C2. The molecule has 2 saturated heterocycles. The second-order valence-corrected chi connectivity index (χ2v) is 6.79. The zero-order chi connectivity index (χ0) is 17.0. The van der Waals surface area contributed by atoms with Gasteiger partial charge in [-0.1, -0.05) is 0 Å². The maximum atomic E-state index is 11.8. The molecule has 4 unspecified atom stereocenters. The summed E-state index contributed by atoms with van der Waals surface area (Å²) >= 11 is 0. The topological polar surface area (TPSA) is 107 Å². The predicted molar refractivity (Wildman–Crippen MR) is 87.7 cm³/mol. The number of nitrogens with zero attached hydrogens (tertiary/aromatic N) is 4. The van der Waals surface area contributed by atoms with Crippen molar-refractivity contribution in [2.75, 3.05) is 13.1 Å². The number of aromatic nitrogens is 2. The number of fused-ring (bicyclic) bond motifs is 3. The summed E-state index contributed by atoms with van der Waals surface area (Å²) in [6.45, 7) is 4.23. The smallest absolute Gasteiger partial charge is 0.270 e. The number of benzene rings is 1. The van der Waals surface area contributed by atoms with Gasteiger partial charge >= 0.3 is 0 Å². The highest BCUT2D eigenvalue weighted by Crippen LogP contribution is 2.39. The molecule has 1 amide bonds. The Labute approximate surface area is 138 Å². The van der Waals surface area contributed by atoms with Crippen LogP contribution in [0.5, 0.6) is 0 Å². The predicted octanol–water partition coefficient (Wildman–Crippen LogP) is 1.70. The van der Waals surface area contributed by atoms with E-state index in [-0.39, 0.29) is 17.4 Å². The number of hydrogen-bond acceptors (Lipinski definition) is 5. The number of primary amides is 1. The van der Waals surface area contributed by atoms with Crippen LogP contribution in [-0.2, 0) is 0 Å². The van der Waals surface area contributed by atoms with Gasteiger partial charge in [-0.2, -0.15) is 5.10 Å². The van der Waals surface area contributed by atoms with Crippen LogP contribution in [-0.4, -0.2) is 44.6 Å². The summed E-state index contributed by atoms with van der Waals surface area (Å²) in [5, 5.41) is 15.9. The van der Waals surface area contributed by atoms with E-state index in [1.54, 1.807) is 6.07 Å². The van der Waals surface area contributed by atoms with E-state index < -0.39 is 10.8 Å². The molecule has 0 aliphatic carbocycles. The van der Waals surface area contributed by atoms with Crippen LogP contribution in [0.4, 0.5) is 5.69 Å². The standard InChI is InChI=1S/C16H19N5O3/c1-9-10-4-5-19(9)8-12(6-10)20-14-3-2-11(21(23)24)7-13(14)15(18-20)16(17)22/h2-3,7,9-10,12H,4-6,8H2,1H3,(H2,17,22). The van der Waals surface area contributed by atoms with Crippen molar-refractivity contribution in [3.63, 3.8) is 0 Å². The molecule has 3 heterocycles. The largest absolute Gasteiger partial charge is 0.364 e. The number of piperidine rings is 1. The number of carbonyl (C=O) groups excluding carboxylic acids is 1. The van der Waals surface area contributed by atoms with Crippen LogP contribution in [0, 0.1) is 16.0 Å². The molecule has 2 bridgehead atoms. The van der Waals surface area contributed by atoms with E-state index in [0.29, 0.717) is 17.3 Å². The number of hydrogen-bond donors (Lipinski definition) is 1. The molecule has 0 spiro atoms. The number of amides is 1. The molecular weight excluding hydrogens is 310 g/mol. The van der Waals surface area contributed by atoms with E-state index in [4.69, 9.17) is 5.73 Å². The minimum atomic E-state index is -0.660. The van der Waals surface area contributed by atoms with E-state index in [0.717, 1.165) is 25.0 Å². The van der Waals surface area contributed by atoms with Gasteiger partial charge in [-0.3, -0.25) is 24.5 Å². The molecule has 4 atom stereocenters.